The molecule has 2 nitrogen and oxygen atoms in total. The van der Waals surface area contributed by atoms with Crippen LogP contribution in [0.15, 0.2) is 22.7 Å². The lowest BCUT2D eigenvalue weighted by molar-refractivity contribution is -0.0510. The number of nitrogens with one attached hydrogen (secondary N) is 1. The van der Waals surface area contributed by atoms with Gasteiger partial charge in [0.2, 0.25) is 0 Å². The van der Waals surface area contributed by atoms with Crippen molar-refractivity contribution in [3.05, 3.63) is 28.2 Å². The average Bonchev–Trinajstić information content (AvgIpc) is 3.02. The third kappa shape index (κ3) is 3.15. The number of alkyl halides is 2. The standard InChI is InChI=1S/C11H12BrF2NO/c12-9-3-1-2-7(6-15-8-4-5-8)10(9)16-11(13)14/h1-3,8,11,15H,4-6H2. The molecule has 88 valence electrons. The maximum atomic E-state index is 12.2. The Labute approximate surface area is 101 Å². The van der Waals surface area contributed by atoms with Crippen LogP contribution in [-0.2, 0) is 6.54 Å². The largest absolute Gasteiger partial charge is 0.433 e. The molecule has 0 aliphatic heterocycles. The third-order valence-electron chi connectivity index (χ3n) is 2.41. The molecule has 1 aromatic carbocycles. The molecular weight excluding hydrogens is 280 g/mol. The van der Waals surface area contributed by atoms with Gasteiger partial charge in [0.25, 0.3) is 0 Å². The van der Waals surface area contributed by atoms with E-state index in [-0.39, 0.29) is 5.75 Å². The van der Waals surface area contributed by atoms with Gasteiger partial charge in [0, 0.05) is 18.2 Å². The molecule has 0 aromatic heterocycles. The summed E-state index contributed by atoms with van der Waals surface area (Å²) >= 11 is 3.21. The van der Waals surface area contributed by atoms with Gasteiger partial charge in [-0.2, -0.15) is 8.78 Å². The van der Waals surface area contributed by atoms with E-state index in [1.54, 1.807) is 12.1 Å². The van der Waals surface area contributed by atoms with Gasteiger partial charge in [-0.3, -0.25) is 0 Å². The normalized spacial score (nSPS) is 15.5. The van der Waals surface area contributed by atoms with Crippen molar-refractivity contribution in [3.63, 3.8) is 0 Å². The molecule has 0 saturated heterocycles. The van der Waals surface area contributed by atoms with Crippen LogP contribution in [-0.4, -0.2) is 12.7 Å². The number of rotatable bonds is 5. The van der Waals surface area contributed by atoms with E-state index in [1.165, 1.54) is 12.8 Å². The molecule has 2 rings (SSSR count). The molecule has 0 heterocycles. The van der Waals surface area contributed by atoms with Crippen LogP contribution in [0.3, 0.4) is 0 Å². The fourth-order valence-corrected chi connectivity index (χ4v) is 1.96. The van der Waals surface area contributed by atoms with Crippen LogP contribution in [0.2, 0.25) is 0 Å². The van der Waals surface area contributed by atoms with Crippen molar-refractivity contribution in [2.24, 2.45) is 0 Å². The summed E-state index contributed by atoms with van der Waals surface area (Å²) in [6.45, 7) is -2.23. The molecule has 5 heteroatoms. The van der Waals surface area contributed by atoms with Gasteiger partial charge in [-0.15, -0.1) is 0 Å². The van der Waals surface area contributed by atoms with Crippen LogP contribution in [0, 0.1) is 0 Å². The minimum Gasteiger partial charge on any atom is -0.433 e. The Balaban J connectivity index is 2.10. The number of benzene rings is 1. The number of hydrogen-bond acceptors (Lipinski definition) is 2. The van der Waals surface area contributed by atoms with Crippen LogP contribution >= 0.6 is 15.9 Å². The maximum absolute atomic E-state index is 12.2. The molecule has 16 heavy (non-hydrogen) atoms. The number of hydrogen-bond donors (Lipinski definition) is 1. The Kier molecular flexibility index (Phi) is 3.76. The summed E-state index contributed by atoms with van der Waals surface area (Å²) in [6, 6.07) is 5.83. The zero-order valence-corrected chi connectivity index (χ0v) is 10.1. The highest BCUT2D eigenvalue weighted by Gasteiger charge is 2.21. The van der Waals surface area contributed by atoms with E-state index in [0.717, 1.165) is 5.56 Å². The number of para-hydroxylation sites is 1. The highest BCUT2D eigenvalue weighted by Crippen LogP contribution is 2.31. The molecule has 0 amide bonds. The molecule has 1 N–H and O–H groups in total. The van der Waals surface area contributed by atoms with E-state index >= 15 is 0 Å². The molecule has 0 radical (unpaired) electrons. The first-order valence-corrected chi connectivity index (χ1v) is 5.91. The van der Waals surface area contributed by atoms with E-state index < -0.39 is 6.61 Å². The van der Waals surface area contributed by atoms with Gasteiger partial charge in [0.15, 0.2) is 0 Å². The predicted molar refractivity (Wildman–Crippen MR) is 60.6 cm³/mol. The molecule has 1 aromatic rings. The van der Waals surface area contributed by atoms with Crippen LogP contribution in [0.1, 0.15) is 18.4 Å². The minimum absolute atomic E-state index is 0.227. The van der Waals surface area contributed by atoms with Crippen molar-refractivity contribution < 1.29 is 13.5 Å². The first-order chi connectivity index (χ1) is 7.66. The summed E-state index contributed by atoms with van der Waals surface area (Å²) in [4.78, 5) is 0. The van der Waals surface area contributed by atoms with E-state index in [0.29, 0.717) is 17.1 Å². The summed E-state index contributed by atoms with van der Waals surface area (Å²) in [6.07, 6.45) is 2.33. The Hall–Kier alpha value is -0.680. The minimum atomic E-state index is -2.79. The van der Waals surface area contributed by atoms with Crippen LogP contribution in [0.25, 0.3) is 0 Å². The molecule has 0 unspecified atom stereocenters. The van der Waals surface area contributed by atoms with E-state index in [4.69, 9.17) is 0 Å². The van der Waals surface area contributed by atoms with E-state index in [9.17, 15) is 8.78 Å². The van der Waals surface area contributed by atoms with Gasteiger partial charge >= 0.3 is 6.61 Å². The van der Waals surface area contributed by atoms with Crippen LogP contribution in [0.5, 0.6) is 5.75 Å². The van der Waals surface area contributed by atoms with Crippen molar-refractivity contribution in [1.29, 1.82) is 0 Å². The third-order valence-corrected chi connectivity index (χ3v) is 3.04. The van der Waals surface area contributed by atoms with Gasteiger partial charge < -0.3 is 10.1 Å². The molecule has 1 fully saturated rings. The lowest BCUT2D eigenvalue weighted by Gasteiger charge is -2.12. The molecule has 0 spiro atoms. The van der Waals surface area contributed by atoms with Gasteiger partial charge in [-0.1, -0.05) is 12.1 Å². The fraction of sp³-hybridized carbons (Fsp3) is 0.455. The first kappa shape index (κ1) is 11.8. The lowest BCUT2D eigenvalue weighted by atomic mass is 10.2. The maximum Gasteiger partial charge on any atom is 0.387 e. The van der Waals surface area contributed by atoms with Crippen molar-refractivity contribution in [1.82, 2.24) is 5.32 Å². The smallest absolute Gasteiger partial charge is 0.387 e. The van der Waals surface area contributed by atoms with Crippen molar-refractivity contribution in [3.8, 4) is 5.75 Å². The van der Waals surface area contributed by atoms with Crippen molar-refractivity contribution >= 4 is 15.9 Å². The topological polar surface area (TPSA) is 21.3 Å². The van der Waals surface area contributed by atoms with Gasteiger partial charge in [-0.25, -0.2) is 0 Å². The zero-order chi connectivity index (χ0) is 11.5. The summed E-state index contributed by atoms with van der Waals surface area (Å²) in [5.41, 5.74) is 0.751. The summed E-state index contributed by atoms with van der Waals surface area (Å²) in [5.74, 6) is 0.227. The first-order valence-electron chi connectivity index (χ1n) is 5.12. The quantitative estimate of drug-likeness (QED) is 0.899. The Morgan fingerprint density at radius 3 is 2.81 bits per heavy atom. The SMILES string of the molecule is FC(F)Oc1c(Br)cccc1CNC1CC1. The van der Waals surface area contributed by atoms with Crippen LogP contribution < -0.4 is 10.1 Å². The summed E-state index contributed by atoms with van der Waals surface area (Å²) in [7, 11) is 0. The lowest BCUT2D eigenvalue weighted by Crippen LogP contribution is -2.16. The summed E-state index contributed by atoms with van der Waals surface area (Å²) < 4.78 is 29.5. The Morgan fingerprint density at radius 2 is 2.19 bits per heavy atom. The second-order valence-corrected chi connectivity index (χ2v) is 4.62. The Bertz CT molecular complexity index is 369. The molecule has 1 aliphatic rings. The van der Waals surface area contributed by atoms with Gasteiger partial charge in [0.1, 0.15) is 5.75 Å². The monoisotopic (exact) mass is 291 g/mol. The molecule has 0 bridgehead atoms. The zero-order valence-electron chi connectivity index (χ0n) is 8.55. The van der Waals surface area contributed by atoms with Gasteiger partial charge in [-0.05, 0) is 34.8 Å². The molecule has 1 saturated carbocycles. The van der Waals surface area contributed by atoms with Gasteiger partial charge in [0.05, 0.1) is 4.47 Å². The highest BCUT2D eigenvalue weighted by atomic mass is 79.9. The highest BCUT2D eigenvalue weighted by molar-refractivity contribution is 9.10. The predicted octanol–water partition coefficient (Wildman–Crippen LogP) is 3.30. The average molecular weight is 292 g/mol. The second kappa shape index (κ2) is 5.10. The summed E-state index contributed by atoms with van der Waals surface area (Å²) in [5, 5.41) is 3.27. The molecular formula is C11H12BrF2NO. The molecule has 0 atom stereocenters. The number of ether oxygens (including phenoxy) is 1. The fourth-order valence-electron chi connectivity index (χ4n) is 1.46. The number of halogens is 3. The second-order valence-electron chi connectivity index (χ2n) is 3.76. The Morgan fingerprint density at radius 1 is 1.44 bits per heavy atom. The van der Waals surface area contributed by atoms with E-state index in [1.807, 2.05) is 6.07 Å². The van der Waals surface area contributed by atoms with Crippen LogP contribution in [0.4, 0.5) is 8.78 Å². The molecule has 1 aliphatic carbocycles. The van der Waals surface area contributed by atoms with Crippen molar-refractivity contribution in [2.75, 3.05) is 0 Å². The van der Waals surface area contributed by atoms with Crippen molar-refractivity contribution in [2.45, 2.75) is 32.0 Å². The van der Waals surface area contributed by atoms with E-state index in [2.05, 4.69) is 26.0 Å².